The number of nitrogens with zero attached hydrogens (tertiary/aromatic N) is 2. The van der Waals surface area contributed by atoms with E-state index in [9.17, 15) is 4.79 Å². The van der Waals surface area contributed by atoms with Gasteiger partial charge in [0.2, 0.25) is 0 Å². The molecule has 0 atom stereocenters. The number of H-pyrrole nitrogens is 1. The third-order valence-corrected chi connectivity index (χ3v) is 3.34. The summed E-state index contributed by atoms with van der Waals surface area (Å²) < 4.78 is 5.71. The monoisotopic (exact) mass is 303 g/mol. The minimum Gasteiger partial charge on any atom is -0.489 e. The fourth-order valence-electron chi connectivity index (χ4n) is 2.17. The van der Waals surface area contributed by atoms with Gasteiger partial charge in [-0.1, -0.05) is 30.3 Å². The van der Waals surface area contributed by atoms with Gasteiger partial charge in [-0.2, -0.15) is 5.26 Å². The highest BCUT2D eigenvalue weighted by Crippen LogP contribution is 2.22. The number of hydrogen-bond donors (Lipinski definition) is 1. The molecule has 5 heteroatoms. The van der Waals surface area contributed by atoms with E-state index in [1.165, 1.54) is 6.33 Å². The molecule has 0 aliphatic heterocycles. The summed E-state index contributed by atoms with van der Waals surface area (Å²) in [5, 5.41) is 9.09. The first kappa shape index (κ1) is 14.5. The van der Waals surface area contributed by atoms with Crippen molar-refractivity contribution in [1.29, 1.82) is 5.26 Å². The molecule has 0 saturated carbocycles. The van der Waals surface area contributed by atoms with Gasteiger partial charge in [0, 0.05) is 5.56 Å². The minimum atomic E-state index is -0.443. The second kappa shape index (κ2) is 6.58. The standard InChI is InChI=1S/C18H13N3O2/c19-10-16-17(20-12-21-18(16)22)14-6-8-15(9-7-14)23-11-13-4-2-1-3-5-13/h1-9,12H,11H2,(H,20,21,22). The Kier molecular flexibility index (Phi) is 4.16. The summed E-state index contributed by atoms with van der Waals surface area (Å²) in [7, 11) is 0. The van der Waals surface area contributed by atoms with E-state index in [2.05, 4.69) is 9.97 Å². The Morgan fingerprint density at radius 2 is 1.83 bits per heavy atom. The number of hydrogen-bond acceptors (Lipinski definition) is 4. The van der Waals surface area contributed by atoms with Crippen molar-refractivity contribution < 1.29 is 4.74 Å². The quantitative estimate of drug-likeness (QED) is 0.803. The summed E-state index contributed by atoms with van der Waals surface area (Å²) >= 11 is 0. The molecule has 2 aromatic carbocycles. The van der Waals surface area contributed by atoms with Crippen LogP contribution in [-0.4, -0.2) is 9.97 Å². The van der Waals surface area contributed by atoms with Crippen LogP contribution in [0.3, 0.4) is 0 Å². The highest BCUT2D eigenvalue weighted by atomic mass is 16.5. The van der Waals surface area contributed by atoms with E-state index in [4.69, 9.17) is 10.00 Å². The second-order valence-electron chi connectivity index (χ2n) is 4.87. The number of benzene rings is 2. The molecule has 0 saturated heterocycles. The van der Waals surface area contributed by atoms with Crippen LogP contribution in [0, 0.1) is 11.3 Å². The lowest BCUT2D eigenvalue weighted by Gasteiger charge is -2.07. The second-order valence-corrected chi connectivity index (χ2v) is 4.87. The lowest BCUT2D eigenvalue weighted by atomic mass is 10.1. The molecule has 0 fully saturated rings. The molecule has 0 aliphatic carbocycles. The molecule has 3 rings (SSSR count). The van der Waals surface area contributed by atoms with Crippen molar-refractivity contribution in [3.63, 3.8) is 0 Å². The van der Waals surface area contributed by atoms with Crippen LogP contribution in [0.15, 0.2) is 65.7 Å². The number of aromatic amines is 1. The maximum Gasteiger partial charge on any atom is 0.269 e. The fraction of sp³-hybridized carbons (Fsp3) is 0.0556. The van der Waals surface area contributed by atoms with E-state index in [0.717, 1.165) is 5.56 Å². The third kappa shape index (κ3) is 3.27. The number of nitrogens with one attached hydrogen (secondary N) is 1. The topological polar surface area (TPSA) is 78.8 Å². The summed E-state index contributed by atoms with van der Waals surface area (Å²) in [4.78, 5) is 18.1. The number of rotatable bonds is 4. The van der Waals surface area contributed by atoms with Gasteiger partial charge in [0.1, 0.15) is 24.0 Å². The fourth-order valence-corrected chi connectivity index (χ4v) is 2.17. The van der Waals surface area contributed by atoms with Gasteiger partial charge in [-0.15, -0.1) is 0 Å². The van der Waals surface area contributed by atoms with Crippen molar-refractivity contribution in [3.8, 4) is 23.1 Å². The highest BCUT2D eigenvalue weighted by molar-refractivity contribution is 5.66. The van der Waals surface area contributed by atoms with E-state index in [1.807, 2.05) is 36.4 Å². The van der Waals surface area contributed by atoms with Gasteiger partial charge in [0.05, 0.1) is 12.0 Å². The first-order chi connectivity index (χ1) is 11.3. The normalized spacial score (nSPS) is 10.0. The molecule has 0 unspecified atom stereocenters. The van der Waals surface area contributed by atoms with Crippen molar-refractivity contribution in [2.24, 2.45) is 0 Å². The van der Waals surface area contributed by atoms with Crippen LogP contribution in [0.1, 0.15) is 11.1 Å². The molecule has 1 aromatic heterocycles. The summed E-state index contributed by atoms with van der Waals surface area (Å²) in [6.07, 6.45) is 1.29. The van der Waals surface area contributed by atoms with E-state index >= 15 is 0 Å². The molecule has 0 aliphatic rings. The minimum absolute atomic E-state index is 0.00505. The molecule has 0 bridgehead atoms. The zero-order valence-corrected chi connectivity index (χ0v) is 12.2. The average Bonchev–Trinajstić information content (AvgIpc) is 2.61. The molecule has 3 aromatic rings. The van der Waals surface area contributed by atoms with Crippen LogP contribution in [0.25, 0.3) is 11.3 Å². The van der Waals surface area contributed by atoms with Gasteiger partial charge in [-0.25, -0.2) is 4.98 Å². The van der Waals surface area contributed by atoms with E-state index in [-0.39, 0.29) is 5.56 Å². The first-order valence-electron chi connectivity index (χ1n) is 7.03. The highest BCUT2D eigenvalue weighted by Gasteiger charge is 2.10. The molecular formula is C18H13N3O2. The Bertz CT molecular complexity index is 894. The molecule has 112 valence electrons. The van der Waals surface area contributed by atoms with Crippen molar-refractivity contribution in [2.45, 2.75) is 6.61 Å². The zero-order chi connectivity index (χ0) is 16.1. The largest absolute Gasteiger partial charge is 0.489 e. The lowest BCUT2D eigenvalue weighted by Crippen LogP contribution is -2.12. The van der Waals surface area contributed by atoms with Crippen LogP contribution in [0.2, 0.25) is 0 Å². The van der Waals surface area contributed by atoms with Gasteiger partial charge >= 0.3 is 0 Å². The third-order valence-electron chi connectivity index (χ3n) is 3.34. The Balaban J connectivity index is 1.79. The molecule has 1 N–H and O–H groups in total. The van der Waals surface area contributed by atoms with Crippen LogP contribution in [0.4, 0.5) is 0 Å². The van der Waals surface area contributed by atoms with Gasteiger partial charge < -0.3 is 9.72 Å². The van der Waals surface area contributed by atoms with E-state index < -0.39 is 5.56 Å². The number of ether oxygens (including phenoxy) is 1. The van der Waals surface area contributed by atoms with Crippen LogP contribution < -0.4 is 10.3 Å². The first-order valence-corrected chi connectivity index (χ1v) is 7.03. The Labute approximate surface area is 132 Å². The van der Waals surface area contributed by atoms with Gasteiger partial charge in [-0.3, -0.25) is 4.79 Å². The molecular weight excluding hydrogens is 290 g/mol. The SMILES string of the molecule is N#Cc1c(-c2ccc(OCc3ccccc3)cc2)nc[nH]c1=O. The maximum absolute atomic E-state index is 11.6. The lowest BCUT2D eigenvalue weighted by molar-refractivity contribution is 0.306. The van der Waals surface area contributed by atoms with E-state index in [1.54, 1.807) is 24.3 Å². The van der Waals surface area contributed by atoms with Gasteiger partial charge in [0.25, 0.3) is 5.56 Å². The summed E-state index contributed by atoms with van der Waals surface area (Å²) in [5.74, 6) is 0.709. The van der Waals surface area contributed by atoms with Crippen molar-refractivity contribution in [2.75, 3.05) is 0 Å². The Hall–Kier alpha value is -3.39. The van der Waals surface area contributed by atoms with Crippen LogP contribution in [0.5, 0.6) is 5.75 Å². The zero-order valence-electron chi connectivity index (χ0n) is 12.2. The molecule has 0 amide bonds. The van der Waals surface area contributed by atoms with Gasteiger partial charge in [-0.05, 0) is 29.8 Å². The van der Waals surface area contributed by atoms with Crippen LogP contribution >= 0.6 is 0 Å². The number of aromatic nitrogens is 2. The predicted octanol–water partition coefficient (Wildman–Crippen LogP) is 2.89. The summed E-state index contributed by atoms with van der Waals surface area (Å²) in [5.41, 5.74) is 1.71. The predicted molar refractivity (Wildman–Crippen MR) is 85.8 cm³/mol. The molecule has 1 heterocycles. The molecule has 0 spiro atoms. The maximum atomic E-state index is 11.6. The molecule has 23 heavy (non-hydrogen) atoms. The number of nitriles is 1. The summed E-state index contributed by atoms with van der Waals surface area (Å²) in [6, 6.07) is 18.9. The van der Waals surface area contributed by atoms with Crippen molar-refractivity contribution in [3.05, 3.63) is 82.4 Å². The van der Waals surface area contributed by atoms with Gasteiger partial charge in [0.15, 0.2) is 0 Å². The average molecular weight is 303 g/mol. The molecule has 0 radical (unpaired) electrons. The van der Waals surface area contributed by atoms with E-state index in [0.29, 0.717) is 23.6 Å². The van der Waals surface area contributed by atoms with Crippen molar-refractivity contribution in [1.82, 2.24) is 9.97 Å². The van der Waals surface area contributed by atoms with Crippen molar-refractivity contribution >= 4 is 0 Å². The molecule has 5 nitrogen and oxygen atoms in total. The summed E-state index contributed by atoms with van der Waals surface area (Å²) in [6.45, 7) is 0.479. The Morgan fingerprint density at radius 3 is 2.52 bits per heavy atom. The Morgan fingerprint density at radius 1 is 1.09 bits per heavy atom. The smallest absolute Gasteiger partial charge is 0.269 e. The van der Waals surface area contributed by atoms with Crippen LogP contribution in [-0.2, 0) is 6.61 Å².